The summed E-state index contributed by atoms with van der Waals surface area (Å²) in [6, 6.07) is 0. The third-order valence-corrected chi connectivity index (χ3v) is 1.03. The van der Waals surface area contributed by atoms with Gasteiger partial charge in [0.2, 0.25) is 0 Å². The Morgan fingerprint density at radius 1 is 2.00 bits per heavy atom. The molecular formula is C3H7O2PS. The van der Waals surface area contributed by atoms with Crippen LogP contribution in [0.3, 0.4) is 0 Å². The van der Waals surface area contributed by atoms with Gasteiger partial charge in [0.15, 0.2) is 0 Å². The summed E-state index contributed by atoms with van der Waals surface area (Å²) in [5, 5.41) is 0. The molecule has 0 aromatic heterocycles. The van der Waals surface area contributed by atoms with Crippen molar-refractivity contribution in [2.75, 3.05) is 12.4 Å². The molecule has 0 aliphatic carbocycles. The molecule has 0 aliphatic rings. The van der Waals surface area contributed by atoms with Crippen molar-refractivity contribution in [3.05, 3.63) is 0 Å². The van der Waals surface area contributed by atoms with Crippen LogP contribution in [0.15, 0.2) is 0 Å². The van der Waals surface area contributed by atoms with Gasteiger partial charge in [-0.05, 0) is 6.66 Å². The second kappa shape index (κ2) is 4.41. The highest BCUT2D eigenvalue weighted by Crippen LogP contribution is 2.03. The molecule has 0 amide bonds. The first kappa shape index (κ1) is 7.25. The van der Waals surface area contributed by atoms with E-state index in [1.807, 2.05) is 0 Å². The Balaban J connectivity index is 3.00. The number of hydrogen-bond donors (Lipinski definition) is 1. The molecule has 0 fully saturated rings. The minimum atomic E-state index is -0.246. The molecular weight excluding hydrogens is 131 g/mol. The summed E-state index contributed by atoms with van der Waals surface area (Å²) in [6.07, 6.45) is 0. The Bertz CT molecular complexity index is 66.0. The lowest BCUT2D eigenvalue weighted by molar-refractivity contribution is -0.130. The van der Waals surface area contributed by atoms with Gasteiger partial charge in [0, 0.05) is 0 Å². The normalized spacial score (nSPS) is 10.0. The Hall–Kier alpha value is 0.250. The van der Waals surface area contributed by atoms with Crippen LogP contribution in [0, 0.1) is 0 Å². The van der Waals surface area contributed by atoms with Crippen molar-refractivity contribution in [2.45, 2.75) is 0 Å². The summed E-state index contributed by atoms with van der Waals surface area (Å²) in [7, 11) is 0.246. The van der Waals surface area contributed by atoms with Crippen molar-refractivity contribution in [1.29, 1.82) is 0 Å². The summed E-state index contributed by atoms with van der Waals surface area (Å²) in [4.78, 5) is 10.1. The molecule has 0 aromatic carbocycles. The maximum Gasteiger partial charge on any atom is 0.317 e. The van der Waals surface area contributed by atoms with Gasteiger partial charge in [-0.3, -0.25) is 4.79 Å². The van der Waals surface area contributed by atoms with Gasteiger partial charge in [-0.2, -0.15) is 12.6 Å². The van der Waals surface area contributed by atoms with Crippen LogP contribution in [0.1, 0.15) is 0 Å². The van der Waals surface area contributed by atoms with Gasteiger partial charge in [0.25, 0.3) is 0 Å². The molecule has 0 heterocycles. The second-order valence-corrected chi connectivity index (χ2v) is 1.76. The van der Waals surface area contributed by atoms with Crippen LogP contribution in [0.4, 0.5) is 0 Å². The van der Waals surface area contributed by atoms with E-state index < -0.39 is 0 Å². The Kier molecular flexibility index (Phi) is 4.57. The highest BCUT2D eigenvalue weighted by atomic mass is 32.1. The number of rotatable bonds is 2. The van der Waals surface area contributed by atoms with Gasteiger partial charge >= 0.3 is 5.97 Å². The van der Waals surface area contributed by atoms with E-state index in [1.54, 1.807) is 6.66 Å². The van der Waals surface area contributed by atoms with Crippen molar-refractivity contribution in [2.24, 2.45) is 0 Å². The molecule has 4 heteroatoms. The lowest BCUT2D eigenvalue weighted by Gasteiger charge is -1.92. The Morgan fingerprint density at radius 3 is 2.71 bits per heavy atom. The molecule has 2 nitrogen and oxygen atoms in total. The molecule has 0 aliphatic heterocycles. The average Bonchev–Trinajstić information content (AvgIpc) is 1.68. The van der Waals surface area contributed by atoms with Crippen molar-refractivity contribution in [3.8, 4) is 0 Å². The van der Waals surface area contributed by atoms with E-state index in [1.165, 1.54) is 0 Å². The van der Waals surface area contributed by atoms with Gasteiger partial charge in [-0.25, -0.2) is 0 Å². The van der Waals surface area contributed by atoms with Crippen LogP contribution in [-0.2, 0) is 9.32 Å². The van der Waals surface area contributed by atoms with Crippen molar-refractivity contribution >= 4 is 27.4 Å². The Morgan fingerprint density at radius 2 is 2.57 bits per heavy atom. The summed E-state index contributed by atoms with van der Waals surface area (Å²) in [5.41, 5.74) is 0. The molecule has 42 valence electrons. The van der Waals surface area contributed by atoms with Gasteiger partial charge in [0.05, 0.1) is 14.6 Å². The van der Waals surface area contributed by atoms with Crippen molar-refractivity contribution in [1.82, 2.24) is 0 Å². The first-order chi connectivity index (χ1) is 3.31. The molecule has 0 saturated heterocycles. The second-order valence-electron chi connectivity index (χ2n) is 0.836. The maximum absolute atomic E-state index is 10.1. The zero-order chi connectivity index (χ0) is 5.70. The molecule has 0 rings (SSSR count). The highest BCUT2D eigenvalue weighted by molar-refractivity contribution is 7.81. The third-order valence-electron chi connectivity index (χ3n) is 0.345. The lowest BCUT2D eigenvalue weighted by Crippen LogP contribution is -1.96. The predicted octanol–water partition coefficient (Wildman–Crippen LogP) is 0.683. The van der Waals surface area contributed by atoms with E-state index in [0.717, 1.165) is 0 Å². The van der Waals surface area contributed by atoms with Gasteiger partial charge in [-0.15, -0.1) is 0 Å². The van der Waals surface area contributed by atoms with Crippen LogP contribution in [0.2, 0.25) is 0 Å². The average molecular weight is 138 g/mol. The van der Waals surface area contributed by atoms with Crippen LogP contribution < -0.4 is 0 Å². The van der Waals surface area contributed by atoms with E-state index in [-0.39, 0.29) is 20.5 Å². The summed E-state index contributed by atoms with van der Waals surface area (Å²) < 4.78 is 4.50. The number of carbonyl (C=O) groups excluding carboxylic acids is 1. The standard InChI is InChI=1S/C3H7O2PS/c1-6-5-3(4)2-7/h6-7H,2H2,1H3. The third kappa shape index (κ3) is 4.10. The molecule has 0 bridgehead atoms. The van der Waals surface area contributed by atoms with Gasteiger partial charge in [-0.1, -0.05) is 0 Å². The monoisotopic (exact) mass is 138 g/mol. The minimum absolute atomic E-state index is 0.181. The highest BCUT2D eigenvalue weighted by Gasteiger charge is 1.92. The molecule has 1 unspecified atom stereocenters. The molecule has 0 N–H and O–H groups in total. The topological polar surface area (TPSA) is 26.3 Å². The fourth-order valence-electron chi connectivity index (χ4n) is 0.146. The van der Waals surface area contributed by atoms with E-state index in [4.69, 9.17) is 0 Å². The zero-order valence-electron chi connectivity index (χ0n) is 3.97. The molecule has 0 spiro atoms. The fourth-order valence-corrected chi connectivity index (χ4v) is 0.632. The summed E-state index contributed by atoms with van der Waals surface area (Å²) in [5.74, 6) is -0.0648. The van der Waals surface area contributed by atoms with Gasteiger partial charge < -0.3 is 4.52 Å². The molecule has 7 heavy (non-hydrogen) atoms. The van der Waals surface area contributed by atoms with Crippen LogP contribution in [-0.4, -0.2) is 18.4 Å². The molecule has 0 aromatic rings. The number of thiol groups is 1. The van der Waals surface area contributed by atoms with E-state index >= 15 is 0 Å². The molecule has 1 atom stereocenters. The van der Waals surface area contributed by atoms with E-state index in [2.05, 4.69) is 17.2 Å². The maximum atomic E-state index is 10.1. The van der Waals surface area contributed by atoms with Crippen LogP contribution in [0.5, 0.6) is 0 Å². The SMILES string of the molecule is CPOC(=O)CS. The fraction of sp³-hybridized carbons (Fsp3) is 0.667. The minimum Gasteiger partial charge on any atom is -0.448 e. The zero-order valence-corrected chi connectivity index (χ0v) is 5.87. The van der Waals surface area contributed by atoms with E-state index in [9.17, 15) is 4.79 Å². The molecule has 0 radical (unpaired) electrons. The first-order valence-corrected chi connectivity index (χ1v) is 3.82. The lowest BCUT2D eigenvalue weighted by atomic mass is 10.8. The predicted molar refractivity (Wildman–Crippen MR) is 34.2 cm³/mol. The van der Waals surface area contributed by atoms with Crippen LogP contribution in [0.25, 0.3) is 0 Å². The number of hydrogen-bond acceptors (Lipinski definition) is 3. The molecule has 0 saturated carbocycles. The van der Waals surface area contributed by atoms with Crippen LogP contribution >= 0.6 is 21.4 Å². The smallest absolute Gasteiger partial charge is 0.317 e. The van der Waals surface area contributed by atoms with Crippen molar-refractivity contribution < 1.29 is 9.32 Å². The Labute approximate surface area is 49.9 Å². The van der Waals surface area contributed by atoms with Crippen molar-refractivity contribution in [3.63, 3.8) is 0 Å². The largest absolute Gasteiger partial charge is 0.448 e. The number of carbonyl (C=O) groups is 1. The summed E-state index contributed by atoms with van der Waals surface area (Å²) in [6.45, 7) is 1.79. The quantitative estimate of drug-likeness (QED) is 0.448. The van der Waals surface area contributed by atoms with Gasteiger partial charge in [0.1, 0.15) is 0 Å². The van der Waals surface area contributed by atoms with E-state index in [0.29, 0.717) is 0 Å². The first-order valence-electron chi connectivity index (χ1n) is 1.78. The summed E-state index contributed by atoms with van der Waals surface area (Å²) >= 11 is 3.68.